The number of carbonyl (C=O) groups excluding carboxylic acids is 2. The van der Waals surface area contributed by atoms with E-state index in [2.05, 4.69) is 10.2 Å². The molecule has 0 bridgehead atoms. The number of amides is 1. The Balaban J connectivity index is 1.36. The van der Waals surface area contributed by atoms with Crippen molar-refractivity contribution >= 4 is 33.3 Å². The van der Waals surface area contributed by atoms with Crippen LogP contribution < -0.4 is 14.4 Å². The molecule has 4 rings (SSSR count). The molecule has 1 aliphatic heterocycles. The number of hydrogen-bond donors (Lipinski definition) is 1. The van der Waals surface area contributed by atoms with Crippen molar-refractivity contribution in [1.82, 2.24) is 4.90 Å². The highest BCUT2D eigenvalue weighted by molar-refractivity contribution is 7.92. The number of anilines is 2. The summed E-state index contributed by atoms with van der Waals surface area (Å²) in [6, 6.07) is 22.8. The lowest BCUT2D eigenvalue weighted by atomic mass is 9.93. The standard InChI is InChI=1S/C31H37N3O6S/c1-39-29-13-11-27(12-14-29)32-30(35)21-24-15-17-33(18-16-24)19-20-34(28-10-6-9-26(22-28)31(36)40-2)41(37,38)23-25-7-4-3-5-8-25/h3-14,22,24H,15-21,23H2,1-2H3,(H,32,35). The molecule has 0 radical (unpaired) electrons. The third-order valence-electron chi connectivity index (χ3n) is 7.26. The molecular weight excluding hydrogens is 542 g/mol. The van der Waals surface area contributed by atoms with E-state index in [1.807, 2.05) is 42.5 Å². The number of rotatable bonds is 12. The fraction of sp³-hybridized carbons (Fsp3) is 0.355. The van der Waals surface area contributed by atoms with Crippen LogP contribution in [0.25, 0.3) is 0 Å². The van der Waals surface area contributed by atoms with E-state index in [-0.39, 0.29) is 24.1 Å². The molecule has 0 aromatic heterocycles. The van der Waals surface area contributed by atoms with Gasteiger partial charge in [0.25, 0.3) is 0 Å². The van der Waals surface area contributed by atoms with Crippen LogP contribution in [-0.2, 0) is 25.3 Å². The van der Waals surface area contributed by atoms with Gasteiger partial charge < -0.3 is 19.7 Å². The van der Waals surface area contributed by atoms with Gasteiger partial charge in [-0.15, -0.1) is 0 Å². The summed E-state index contributed by atoms with van der Waals surface area (Å²) in [5, 5.41) is 2.95. The number of benzene rings is 3. The zero-order valence-electron chi connectivity index (χ0n) is 23.5. The van der Waals surface area contributed by atoms with Gasteiger partial charge in [-0.25, -0.2) is 13.2 Å². The molecule has 218 valence electrons. The van der Waals surface area contributed by atoms with Gasteiger partial charge in [-0.1, -0.05) is 36.4 Å². The van der Waals surface area contributed by atoms with Crippen molar-refractivity contribution in [2.75, 3.05) is 50.0 Å². The number of likely N-dealkylation sites (tertiary alicyclic amines) is 1. The van der Waals surface area contributed by atoms with Crippen LogP contribution in [0.5, 0.6) is 5.75 Å². The Morgan fingerprint density at radius 1 is 0.951 bits per heavy atom. The van der Waals surface area contributed by atoms with Crippen LogP contribution in [-0.4, -0.2) is 65.6 Å². The number of esters is 1. The van der Waals surface area contributed by atoms with Crippen molar-refractivity contribution in [3.63, 3.8) is 0 Å². The molecule has 1 N–H and O–H groups in total. The van der Waals surface area contributed by atoms with Crippen LogP contribution in [0, 0.1) is 5.92 Å². The molecule has 10 heteroatoms. The zero-order valence-corrected chi connectivity index (χ0v) is 24.3. The molecule has 9 nitrogen and oxygen atoms in total. The molecule has 1 aliphatic rings. The SMILES string of the molecule is COC(=O)c1cccc(N(CCN2CCC(CC(=O)Nc3ccc(OC)cc3)CC2)S(=O)(=O)Cc2ccccc2)c1. The molecule has 0 spiro atoms. The van der Waals surface area contributed by atoms with Gasteiger partial charge in [-0.3, -0.25) is 9.10 Å². The maximum absolute atomic E-state index is 13.6. The second-order valence-electron chi connectivity index (χ2n) is 10.1. The van der Waals surface area contributed by atoms with Crippen LogP contribution >= 0.6 is 0 Å². The molecule has 3 aromatic rings. The Hall–Kier alpha value is -3.89. The van der Waals surface area contributed by atoms with E-state index in [0.717, 1.165) is 37.4 Å². The molecule has 1 heterocycles. The smallest absolute Gasteiger partial charge is 0.337 e. The minimum Gasteiger partial charge on any atom is -0.497 e. The summed E-state index contributed by atoms with van der Waals surface area (Å²) in [5.41, 5.74) is 2.14. The van der Waals surface area contributed by atoms with E-state index in [4.69, 9.17) is 9.47 Å². The molecular formula is C31H37N3O6S. The second-order valence-corrected chi connectivity index (χ2v) is 12.0. The van der Waals surface area contributed by atoms with E-state index in [0.29, 0.717) is 29.8 Å². The van der Waals surface area contributed by atoms with Crippen molar-refractivity contribution in [2.24, 2.45) is 5.92 Å². The third kappa shape index (κ3) is 8.55. The van der Waals surface area contributed by atoms with Crippen LogP contribution in [0.4, 0.5) is 11.4 Å². The van der Waals surface area contributed by atoms with Crippen molar-refractivity contribution in [2.45, 2.75) is 25.0 Å². The maximum Gasteiger partial charge on any atom is 0.337 e. The lowest BCUT2D eigenvalue weighted by molar-refractivity contribution is -0.117. The summed E-state index contributed by atoms with van der Waals surface area (Å²) in [7, 11) is -0.848. The Labute approximate surface area is 242 Å². The Bertz CT molecular complexity index is 1410. The van der Waals surface area contributed by atoms with Gasteiger partial charge in [0.05, 0.1) is 31.2 Å². The lowest BCUT2D eigenvalue weighted by Gasteiger charge is -2.34. The van der Waals surface area contributed by atoms with Gasteiger partial charge in [0.2, 0.25) is 15.9 Å². The van der Waals surface area contributed by atoms with E-state index in [1.54, 1.807) is 43.5 Å². The highest BCUT2D eigenvalue weighted by Crippen LogP contribution is 2.25. The summed E-state index contributed by atoms with van der Waals surface area (Å²) in [6.45, 7) is 2.31. The first kappa shape index (κ1) is 30.1. The summed E-state index contributed by atoms with van der Waals surface area (Å²) < 4.78 is 38.6. The molecule has 0 saturated carbocycles. The monoisotopic (exact) mass is 579 g/mol. The van der Waals surface area contributed by atoms with Gasteiger partial charge in [0.1, 0.15) is 5.75 Å². The zero-order chi connectivity index (χ0) is 29.2. The van der Waals surface area contributed by atoms with E-state index in [1.165, 1.54) is 11.4 Å². The van der Waals surface area contributed by atoms with Crippen LogP contribution in [0.3, 0.4) is 0 Å². The summed E-state index contributed by atoms with van der Waals surface area (Å²) in [5.74, 6) is 0.307. The lowest BCUT2D eigenvalue weighted by Crippen LogP contribution is -2.42. The van der Waals surface area contributed by atoms with Gasteiger partial charge in [-0.2, -0.15) is 0 Å². The van der Waals surface area contributed by atoms with Gasteiger partial charge in [-0.05, 0) is 79.9 Å². The average Bonchev–Trinajstić information content (AvgIpc) is 2.98. The number of ether oxygens (including phenoxy) is 2. The van der Waals surface area contributed by atoms with Crippen molar-refractivity contribution in [1.29, 1.82) is 0 Å². The number of methoxy groups -OCH3 is 2. The van der Waals surface area contributed by atoms with Gasteiger partial charge in [0, 0.05) is 25.2 Å². The predicted molar refractivity (Wildman–Crippen MR) is 160 cm³/mol. The second kappa shape index (κ2) is 14.1. The van der Waals surface area contributed by atoms with E-state index < -0.39 is 16.0 Å². The summed E-state index contributed by atoms with van der Waals surface area (Å²) >= 11 is 0. The fourth-order valence-electron chi connectivity index (χ4n) is 4.99. The number of nitrogens with one attached hydrogen (secondary N) is 1. The maximum atomic E-state index is 13.6. The third-order valence-corrected chi connectivity index (χ3v) is 9.02. The molecule has 0 unspecified atom stereocenters. The van der Waals surface area contributed by atoms with E-state index in [9.17, 15) is 18.0 Å². The van der Waals surface area contributed by atoms with Crippen LogP contribution in [0.1, 0.15) is 35.2 Å². The number of piperidine rings is 1. The summed E-state index contributed by atoms with van der Waals surface area (Å²) in [4.78, 5) is 27.0. The first-order valence-corrected chi connectivity index (χ1v) is 15.3. The van der Waals surface area contributed by atoms with Crippen molar-refractivity contribution in [3.8, 4) is 5.75 Å². The average molecular weight is 580 g/mol. The Morgan fingerprint density at radius 3 is 2.32 bits per heavy atom. The summed E-state index contributed by atoms with van der Waals surface area (Å²) in [6.07, 6.45) is 2.15. The molecule has 41 heavy (non-hydrogen) atoms. The van der Waals surface area contributed by atoms with Crippen molar-refractivity contribution < 1.29 is 27.5 Å². The van der Waals surface area contributed by atoms with Crippen LogP contribution in [0.2, 0.25) is 0 Å². The van der Waals surface area contributed by atoms with Gasteiger partial charge >= 0.3 is 5.97 Å². The first-order chi connectivity index (χ1) is 19.8. The molecule has 1 saturated heterocycles. The first-order valence-electron chi connectivity index (χ1n) is 13.7. The molecule has 0 atom stereocenters. The topological polar surface area (TPSA) is 105 Å². The highest BCUT2D eigenvalue weighted by atomic mass is 32.2. The van der Waals surface area contributed by atoms with Gasteiger partial charge in [0.15, 0.2) is 0 Å². The van der Waals surface area contributed by atoms with Crippen LogP contribution in [0.15, 0.2) is 78.9 Å². The molecule has 1 fully saturated rings. The van der Waals surface area contributed by atoms with E-state index >= 15 is 0 Å². The quantitative estimate of drug-likeness (QED) is 0.314. The molecule has 3 aromatic carbocycles. The molecule has 0 aliphatic carbocycles. The minimum absolute atomic E-state index is 0.0164. The number of nitrogens with zero attached hydrogens (tertiary/aromatic N) is 2. The molecule has 1 amide bonds. The minimum atomic E-state index is -3.75. The predicted octanol–water partition coefficient (Wildman–Crippen LogP) is 4.56. The largest absolute Gasteiger partial charge is 0.497 e. The van der Waals surface area contributed by atoms with Crippen molar-refractivity contribution in [3.05, 3.63) is 90.0 Å². The number of hydrogen-bond acceptors (Lipinski definition) is 7. The normalized spacial score (nSPS) is 14.3. The Kier molecular flexibility index (Phi) is 10.4. The highest BCUT2D eigenvalue weighted by Gasteiger charge is 2.27. The number of sulfonamides is 1. The Morgan fingerprint density at radius 2 is 1.66 bits per heavy atom. The number of carbonyl (C=O) groups is 2. The fourth-order valence-corrected chi connectivity index (χ4v) is 6.56.